The van der Waals surface area contributed by atoms with Gasteiger partial charge in [-0.1, -0.05) is 28.1 Å². The minimum atomic E-state index is -1.02. The molecule has 1 N–H and O–H groups in total. The molecule has 0 aliphatic heterocycles. The fraction of sp³-hybridized carbons (Fsp3) is 0.154. The number of H-pyrrole nitrogens is 1. The summed E-state index contributed by atoms with van der Waals surface area (Å²) in [6, 6.07) is 11.8. The summed E-state index contributed by atoms with van der Waals surface area (Å²) in [4.78, 5) is 13.6. The van der Waals surface area contributed by atoms with E-state index in [1.807, 2.05) is 36.4 Å². The molecule has 0 bridgehead atoms. The number of aryl methyl sites for hydroxylation is 1. The van der Waals surface area contributed by atoms with Crippen molar-refractivity contribution in [3.8, 4) is 11.3 Å². The maximum atomic E-state index is 10.4. The van der Waals surface area contributed by atoms with Crippen LogP contribution >= 0.6 is 15.9 Å². The van der Waals surface area contributed by atoms with Gasteiger partial charge in [-0.2, -0.15) is 0 Å². The third-order valence-corrected chi connectivity index (χ3v) is 3.03. The molecule has 0 spiro atoms. The molecule has 3 nitrogen and oxygen atoms in total. The fourth-order valence-electron chi connectivity index (χ4n) is 1.62. The Labute approximate surface area is 108 Å². The zero-order valence-corrected chi connectivity index (χ0v) is 10.7. The molecule has 0 fully saturated rings. The molecule has 2 aromatic rings. The summed E-state index contributed by atoms with van der Waals surface area (Å²) in [6.45, 7) is 0. The minimum absolute atomic E-state index is 0.0420. The van der Waals surface area contributed by atoms with Crippen molar-refractivity contribution in [1.82, 2.24) is 4.98 Å². The number of benzene rings is 1. The van der Waals surface area contributed by atoms with Gasteiger partial charge in [0.05, 0.1) is 0 Å². The average Bonchev–Trinajstić information content (AvgIpc) is 2.76. The Morgan fingerprint density at radius 1 is 1.18 bits per heavy atom. The number of halogens is 1. The van der Waals surface area contributed by atoms with Gasteiger partial charge in [-0.25, -0.2) is 0 Å². The predicted octanol–water partition coefficient (Wildman–Crippen LogP) is 2.13. The van der Waals surface area contributed by atoms with Crippen molar-refractivity contribution in [3.05, 3.63) is 46.6 Å². The summed E-state index contributed by atoms with van der Waals surface area (Å²) in [7, 11) is 0. The molecule has 0 radical (unpaired) electrons. The van der Waals surface area contributed by atoms with Crippen molar-refractivity contribution in [2.24, 2.45) is 0 Å². The standard InChI is InChI=1S/C13H12BrNO2/c14-10-3-1-9(2-4-10)12-7-5-11(15-12)6-8-13(16)17/h1-5,7,15H,6,8H2,(H,16,17)/p-1. The number of carbonyl (C=O) groups excluding carboxylic acids is 1. The van der Waals surface area contributed by atoms with E-state index in [9.17, 15) is 9.90 Å². The van der Waals surface area contributed by atoms with Gasteiger partial charge in [-0.05, 0) is 42.7 Å². The quantitative estimate of drug-likeness (QED) is 0.938. The Morgan fingerprint density at radius 2 is 1.88 bits per heavy atom. The van der Waals surface area contributed by atoms with Crippen LogP contribution < -0.4 is 5.11 Å². The third kappa shape index (κ3) is 3.20. The van der Waals surface area contributed by atoms with E-state index < -0.39 is 5.97 Å². The van der Waals surface area contributed by atoms with Gasteiger partial charge in [0, 0.05) is 21.8 Å². The summed E-state index contributed by atoms with van der Waals surface area (Å²) in [6.07, 6.45) is 0.513. The van der Waals surface area contributed by atoms with Crippen LogP contribution in [0.15, 0.2) is 40.9 Å². The number of carboxylic acid groups (broad SMARTS) is 1. The monoisotopic (exact) mass is 292 g/mol. The van der Waals surface area contributed by atoms with Crippen LogP contribution in [0, 0.1) is 0 Å². The molecule has 0 saturated heterocycles. The molecule has 2 rings (SSSR count). The van der Waals surface area contributed by atoms with E-state index >= 15 is 0 Å². The zero-order chi connectivity index (χ0) is 12.3. The molecule has 1 aromatic heterocycles. The molecule has 0 atom stereocenters. The van der Waals surface area contributed by atoms with E-state index in [-0.39, 0.29) is 6.42 Å². The van der Waals surface area contributed by atoms with Crippen molar-refractivity contribution >= 4 is 21.9 Å². The molecule has 0 saturated carbocycles. The van der Waals surface area contributed by atoms with E-state index in [2.05, 4.69) is 20.9 Å². The van der Waals surface area contributed by atoms with Gasteiger partial charge in [0.1, 0.15) is 0 Å². The van der Waals surface area contributed by atoms with E-state index in [4.69, 9.17) is 0 Å². The van der Waals surface area contributed by atoms with Gasteiger partial charge in [0.2, 0.25) is 0 Å². The number of hydrogen-bond donors (Lipinski definition) is 1. The Balaban J connectivity index is 2.12. The second-order valence-electron chi connectivity index (χ2n) is 3.78. The topological polar surface area (TPSA) is 55.9 Å². The normalized spacial score (nSPS) is 10.4. The van der Waals surface area contributed by atoms with Crippen molar-refractivity contribution in [3.63, 3.8) is 0 Å². The van der Waals surface area contributed by atoms with E-state index in [0.29, 0.717) is 6.42 Å². The molecule has 0 aliphatic rings. The van der Waals surface area contributed by atoms with Crippen molar-refractivity contribution < 1.29 is 9.90 Å². The number of aromatic amines is 1. The second kappa shape index (κ2) is 5.19. The lowest BCUT2D eigenvalue weighted by molar-refractivity contribution is -0.305. The Kier molecular flexibility index (Phi) is 3.64. The van der Waals surface area contributed by atoms with Crippen LogP contribution in [0.5, 0.6) is 0 Å². The lowest BCUT2D eigenvalue weighted by Crippen LogP contribution is -2.22. The lowest BCUT2D eigenvalue weighted by atomic mass is 10.2. The number of carbonyl (C=O) groups is 1. The zero-order valence-electron chi connectivity index (χ0n) is 9.07. The first-order valence-electron chi connectivity index (χ1n) is 5.29. The van der Waals surface area contributed by atoms with E-state index in [1.165, 1.54) is 0 Å². The van der Waals surface area contributed by atoms with Gasteiger partial charge in [-0.15, -0.1) is 0 Å². The molecule has 1 aromatic carbocycles. The van der Waals surface area contributed by atoms with Crippen LogP contribution in [0.25, 0.3) is 11.3 Å². The largest absolute Gasteiger partial charge is 0.550 e. The highest BCUT2D eigenvalue weighted by atomic mass is 79.9. The number of hydrogen-bond acceptors (Lipinski definition) is 2. The average molecular weight is 293 g/mol. The summed E-state index contributed by atoms with van der Waals surface area (Å²) < 4.78 is 1.03. The highest BCUT2D eigenvalue weighted by Gasteiger charge is 2.01. The molecular formula is C13H11BrNO2-. The highest BCUT2D eigenvalue weighted by molar-refractivity contribution is 9.10. The first-order chi connectivity index (χ1) is 8.15. The summed E-state index contributed by atoms with van der Waals surface area (Å²) in [5, 5.41) is 10.4. The SMILES string of the molecule is O=C([O-])CCc1ccc(-c2ccc(Br)cc2)[nH]1. The highest BCUT2D eigenvalue weighted by Crippen LogP contribution is 2.21. The molecule has 0 amide bonds. The number of aliphatic carboxylic acids is 1. The van der Waals surface area contributed by atoms with E-state index in [0.717, 1.165) is 21.4 Å². The van der Waals surface area contributed by atoms with Gasteiger partial charge in [-0.3, -0.25) is 0 Å². The summed E-state index contributed by atoms with van der Waals surface area (Å²) in [5.41, 5.74) is 2.98. The fourth-order valence-corrected chi connectivity index (χ4v) is 1.88. The molecule has 1 heterocycles. The minimum Gasteiger partial charge on any atom is -0.550 e. The van der Waals surface area contributed by atoms with Crippen LogP contribution in [0.4, 0.5) is 0 Å². The van der Waals surface area contributed by atoms with Crippen molar-refractivity contribution in [1.29, 1.82) is 0 Å². The molecule has 88 valence electrons. The van der Waals surface area contributed by atoms with Gasteiger partial charge < -0.3 is 14.9 Å². The first kappa shape index (κ1) is 11.9. The maximum absolute atomic E-state index is 10.4. The van der Waals surface area contributed by atoms with Crippen LogP contribution in [0.2, 0.25) is 0 Å². The predicted molar refractivity (Wildman–Crippen MR) is 67.3 cm³/mol. The Bertz CT molecular complexity index is 516. The summed E-state index contributed by atoms with van der Waals surface area (Å²) >= 11 is 3.38. The molecule has 4 heteroatoms. The summed E-state index contributed by atoms with van der Waals surface area (Å²) in [5.74, 6) is -1.02. The van der Waals surface area contributed by atoms with E-state index in [1.54, 1.807) is 0 Å². The molecule has 0 aliphatic carbocycles. The third-order valence-electron chi connectivity index (χ3n) is 2.50. The number of rotatable bonds is 4. The smallest absolute Gasteiger partial charge is 0.0456 e. The van der Waals surface area contributed by atoms with Crippen LogP contribution in [0.1, 0.15) is 12.1 Å². The Hall–Kier alpha value is -1.55. The van der Waals surface area contributed by atoms with Crippen LogP contribution in [-0.2, 0) is 11.2 Å². The molecule has 0 unspecified atom stereocenters. The van der Waals surface area contributed by atoms with Gasteiger partial charge >= 0.3 is 0 Å². The van der Waals surface area contributed by atoms with Crippen LogP contribution in [-0.4, -0.2) is 11.0 Å². The molecule has 17 heavy (non-hydrogen) atoms. The first-order valence-corrected chi connectivity index (χ1v) is 6.08. The molecular weight excluding hydrogens is 282 g/mol. The van der Waals surface area contributed by atoms with Gasteiger partial charge in [0.25, 0.3) is 0 Å². The van der Waals surface area contributed by atoms with Gasteiger partial charge in [0.15, 0.2) is 0 Å². The second-order valence-corrected chi connectivity index (χ2v) is 4.69. The Morgan fingerprint density at radius 3 is 2.53 bits per heavy atom. The number of carboxylic acids is 1. The van der Waals surface area contributed by atoms with Crippen LogP contribution in [0.3, 0.4) is 0 Å². The van der Waals surface area contributed by atoms with Crippen molar-refractivity contribution in [2.75, 3.05) is 0 Å². The number of aromatic nitrogens is 1. The maximum Gasteiger partial charge on any atom is 0.0456 e. The van der Waals surface area contributed by atoms with Crippen molar-refractivity contribution in [2.45, 2.75) is 12.8 Å². The lowest BCUT2D eigenvalue weighted by Gasteiger charge is -2.01. The number of nitrogens with one attached hydrogen (secondary N) is 1.